The van der Waals surface area contributed by atoms with E-state index in [1.54, 1.807) is 6.33 Å². The lowest BCUT2D eigenvalue weighted by atomic mass is 9.96. The van der Waals surface area contributed by atoms with Crippen molar-refractivity contribution in [2.75, 3.05) is 24.5 Å². The Morgan fingerprint density at radius 2 is 2.03 bits per heavy atom. The number of allylic oxidation sites excluding steroid dienone is 1. The third-order valence-corrected chi connectivity index (χ3v) is 5.97. The fraction of sp³-hybridized carbons (Fsp3) is 0.458. The molecule has 0 bridgehead atoms. The molecule has 0 spiro atoms. The van der Waals surface area contributed by atoms with Crippen LogP contribution in [0.3, 0.4) is 0 Å². The van der Waals surface area contributed by atoms with Crippen LogP contribution in [0.15, 0.2) is 54.4 Å². The largest absolute Gasteiger partial charge is 0.356 e. The van der Waals surface area contributed by atoms with E-state index in [1.165, 1.54) is 31.3 Å². The lowest BCUT2D eigenvalue weighted by molar-refractivity contribution is -0.125. The molecule has 1 N–H and O–H groups in total. The fourth-order valence-electron chi connectivity index (χ4n) is 4.31. The quantitative estimate of drug-likeness (QED) is 0.744. The lowest BCUT2D eigenvalue weighted by Gasteiger charge is -2.33. The Morgan fingerprint density at radius 3 is 2.86 bits per heavy atom. The molecule has 2 aromatic rings. The van der Waals surface area contributed by atoms with Crippen molar-refractivity contribution in [2.45, 2.75) is 44.9 Å². The van der Waals surface area contributed by atoms with E-state index in [1.807, 2.05) is 24.3 Å². The number of piperidine rings is 1. The van der Waals surface area contributed by atoms with Gasteiger partial charge in [0.1, 0.15) is 12.1 Å². The van der Waals surface area contributed by atoms with Crippen molar-refractivity contribution in [3.8, 4) is 11.3 Å². The van der Waals surface area contributed by atoms with E-state index in [0.717, 1.165) is 56.0 Å². The summed E-state index contributed by atoms with van der Waals surface area (Å²) in [7, 11) is 0. The average molecular weight is 391 g/mol. The van der Waals surface area contributed by atoms with Crippen LogP contribution in [0, 0.1) is 5.92 Å². The minimum Gasteiger partial charge on any atom is -0.356 e. The Hall–Kier alpha value is -2.69. The Labute approximate surface area is 173 Å². The molecule has 4 rings (SSSR count). The number of rotatable bonds is 6. The average Bonchev–Trinajstić information content (AvgIpc) is 2.80. The van der Waals surface area contributed by atoms with Crippen molar-refractivity contribution in [3.05, 3.63) is 54.4 Å². The summed E-state index contributed by atoms with van der Waals surface area (Å²) in [6.45, 7) is 2.41. The van der Waals surface area contributed by atoms with E-state index in [4.69, 9.17) is 0 Å². The topological polar surface area (TPSA) is 58.1 Å². The molecule has 1 aliphatic heterocycles. The third-order valence-electron chi connectivity index (χ3n) is 5.97. The first kappa shape index (κ1) is 19.6. The van der Waals surface area contributed by atoms with E-state index in [9.17, 15) is 4.79 Å². The number of hydrogen-bond acceptors (Lipinski definition) is 4. The number of benzene rings is 1. The second kappa shape index (κ2) is 9.68. The highest BCUT2D eigenvalue weighted by Crippen LogP contribution is 2.25. The smallest absolute Gasteiger partial charge is 0.224 e. The number of carbonyl (C=O) groups is 1. The first-order valence-corrected chi connectivity index (χ1v) is 10.9. The van der Waals surface area contributed by atoms with Gasteiger partial charge in [0.15, 0.2) is 0 Å². The number of anilines is 1. The van der Waals surface area contributed by atoms with Gasteiger partial charge >= 0.3 is 0 Å². The van der Waals surface area contributed by atoms with Crippen molar-refractivity contribution < 1.29 is 4.79 Å². The zero-order chi connectivity index (χ0) is 19.9. The number of nitrogens with zero attached hydrogens (tertiary/aromatic N) is 3. The van der Waals surface area contributed by atoms with E-state index < -0.39 is 0 Å². The molecule has 152 valence electrons. The van der Waals surface area contributed by atoms with Gasteiger partial charge in [0, 0.05) is 31.3 Å². The summed E-state index contributed by atoms with van der Waals surface area (Å²) in [6, 6.07) is 12.2. The van der Waals surface area contributed by atoms with Crippen molar-refractivity contribution in [2.24, 2.45) is 5.92 Å². The highest BCUT2D eigenvalue weighted by molar-refractivity contribution is 5.79. The predicted molar refractivity (Wildman–Crippen MR) is 117 cm³/mol. The van der Waals surface area contributed by atoms with Crippen LogP contribution in [0.2, 0.25) is 0 Å². The fourth-order valence-corrected chi connectivity index (χ4v) is 4.31. The molecule has 2 aliphatic rings. The summed E-state index contributed by atoms with van der Waals surface area (Å²) in [5, 5.41) is 3.17. The van der Waals surface area contributed by atoms with Crippen molar-refractivity contribution >= 4 is 11.7 Å². The molecule has 2 heterocycles. The predicted octanol–water partition coefficient (Wildman–Crippen LogP) is 4.37. The Kier molecular flexibility index (Phi) is 6.55. The van der Waals surface area contributed by atoms with E-state index in [2.05, 4.69) is 38.4 Å². The first-order chi connectivity index (χ1) is 14.3. The summed E-state index contributed by atoms with van der Waals surface area (Å²) in [5.41, 5.74) is 3.51. The molecule has 1 atom stereocenters. The Bertz CT molecular complexity index is 849. The number of amides is 1. The van der Waals surface area contributed by atoms with Gasteiger partial charge < -0.3 is 10.2 Å². The summed E-state index contributed by atoms with van der Waals surface area (Å²) in [4.78, 5) is 23.8. The molecule has 0 radical (unpaired) electrons. The molecular weight excluding hydrogens is 360 g/mol. The van der Waals surface area contributed by atoms with Gasteiger partial charge in [-0.05, 0) is 44.9 Å². The third kappa shape index (κ3) is 5.22. The van der Waals surface area contributed by atoms with Gasteiger partial charge in [-0.1, -0.05) is 42.0 Å². The Balaban J connectivity index is 1.34. The van der Waals surface area contributed by atoms with Crippen LogP contribution in [0.25, 0.3) is 11.3 Å². The second-order valence-electron chi connectivity index (χ2n) is 8.06. The molecule has 1 aromatic carbocycles. The SMILES string of the molecule is O=C(NCCC1=CCCCC1)C1CCCN(c2cc(-c3ccccc3)ncn2)C1. The van der Waals surface area contributed by atoms with Crippen LogP contribution < -0.4 is 10.2 Å². The molecule has 1 saturated heterocycles. The molecule has 1 unspecified atom stereocenters. The number of hydrogen-bond donors (Lipinski definition) is 1. The number of nitrogens with one attached hydrogen (secondary N) is 1. The highest BCUT2D eigenvalue weighted by Gasteiger charge is 2.26. The molecule has 1 fully saturated rings. The maximum atomic E-state index is 12.7. The molecule has 1 aromatic heterocycles. The monoisotopic (exact) mass is 390 g/mol. The molecule has 0 saturated carbocycles. The molecule has 5 nitrogen and oxygen atoms in total. The molecule has 1 aliphatic carbocycles. The zero-order valence-electron chi connectivity index (χ0n) is 17.0. The van der Waals surface area contributed by atoms with Gasteiger partial charge in [-0.15, -0.1) is 0 Å². The van der Waals surface area contributed by atoms with Crippen molar-refractivity contribution in [3.63, 3.8) is 0 Å². The lowest BCUT2D eigenvalue weighted by Crippen LogP contribution is -2.43. The molecular formula is C24H30N4O. The van der Waals surface area contributed by atoms with Gasteiger partial charge in [-0.2, -0.15) is 0 Å². The zero-order valence-corrected chi connectivity index (χ0v) is 17.0. The van der Waals surface area contributed by atoms with E-state index >= 15 is 0 Å². The van der Waals surface area contributed by atoms with Gasteiger partial charge in [0.25, 0.3) is 0 Å². The number of carbonyl (C=O) groups excluding carboxylic acids is 1. The maximum absolute atomic E-state index is 12.7. The first-order valence-electron chi connectivity index (χ1n) is 10.9. The van der Waals surface area contributed by atoms with Crippen molar-refractivity contribution in [1.29, 1.82) is 0 Å². The maximum Gasteiger partial charge on any atom is 0.224 e. The molecule has 29 heavy (non-hydrogen) atoms. The van der Waals surface area contributed by atoms with Crippen LogP contribution in [-0.2, 0) is 4.79 Å². The van der Waals surface area contributed by atoms with Gasteiger partial charge in [0.2, 0.25) is 5.91 Å². The molecule has 5 heteroatoms. The van der Waals surface area contributed by atoms with E-state index in [0.29, 0.717) is 0 Å². The standard InChI is InChI=1S/C24H30N4O/c29-24(25-14-13-19-8-3-1-4-9-19)21-12-7-15-28(17-21)23-16-22(26-18-27-23)20-10-5-2-6-11-20/h2,5-6,8,10-11,16,18,21H,1,3-4,7,9,12-15,17H2,(H,25,29). The van der Waals surface area contributed by atoms with Crippen LogP contribution in [-0.4, -0.2) is 35.5 Å². The minimum atomic E-state index is 0.0271. The summed E-state index contributed by atoms with van der Waals surface area (Å²) in [6.07, 6.45) is 11.9. The summed E-state index contributed by atoms with van der Waals surface area (Å²) >= 11 is 0. The van der Waals surface area contributed by atoms with E-state index in [-0.39, 0.29) is 11.8 Å². The minimum absolute atomic E-state index is 0.0271. The normalized spacial score (nSPS) is 19.5. The van der Waals surface area contributed by atoms with Crippen LogP contribution in [0.1, 0.15) is 44.9 Å². The number of aromatic nitrogens is 2. The van der Waals surface area contributed by atoms with Crippen LogP contribution in [0.4, 0.5) is 5.82 Å². The Morgan fingerprint density at radius 1 is 1.14 bits per heavy atom. The van der Waals surface area contributed by atoms with Gasteiger partial charge in [-0.25, -0.2) is 9.97 Å². The highest BCUT2D eigenvalue weighted by atomic mass is 16.1. The summed E-state index contributed by atoms with van der Waals surface area (Å²) < 4.78 is 0. The van der Waals surface area contributed by atoms with Gasteiger partial charge in [-0.3, -0.25) is 4.79 Å². The van der Waals surface area contributed by atoms with Gasteiger partial charge in [0.05, 0.1) is 11.6 Å². The van der Waals surface area contributed by atoms with Crippen LogP contribution >= 0.6 is 0 Å². The molecule has 1 amide bonds. The summed E-state index contributed by atoms with van der Waals surface area (Å²) in [5.74, 6) is 1.12. The van der Waals surface area contributed by atoms with Crippen LogP contribution in [0.5, 0.6) is 0 Å². The second-order valence-corrected chi connectivity index (χ2v) is 8.06. The van der Waals surface area contributed by atoms with Crippen molar-refractivity contribution in [1.82, 2.24) is 15.3 Å².